The fourth-order valence-corrected chi connectivity index (χ4v) is 1.68. The number of rotatable bonds is 3. The van der Waals surface area contributed by atoms with Crippen LogP contribution in [0.2, 0.25) is 0 Å². The number of aldehydes is 1. The lowest BCUT2D eigenvalue weighted by Crippen LogP contribution is -1.97. The number of carbonyl (C=O) groups excluding carboxylic acids is 1. The van der Waals surface area contributed by atoms with Gasteiger partial charge in [0.1, 0.15) is 17.1 Å². The zero-order valence-electron chi connectivity index (χ0n) is 8.18. The summed E-state index contributed by atoms with van der Waals surface area (Å²) in [7, 11) is 1.59. The molecule has 0 amide bonds. The van der Waals surface area contributed by atoms with Crippen LogP contribution in [-0.2, 0) is 4.79 Å². The van der Waals surface area contributed by atoms with Gasteiger partial charge in [-0.1, -0.05) is 23.9 Å². The zero-order valence-corrected chi connectivity index (χ0v) is 9.00. The van der Waals surface area contributed by atoms with Gasteiger partial charge in [0, 0.05) is 12.6 Å². The van der Waals surface area contributed by atoms with Crippen molar-refractivity contribution in [1.82, 2.24) is 0 Å². The number of allylic oxidation sites excluding steroid dienone is 1. The predicted octanol–water partition coefficient (Wildman–Crippen LogP) is 2.65. The average Bonchev–Trinajstić information content (AvgIpc) is 2.26. The number of hydrogen-bond acceptors (Lipinski definition) is 3. The first-order valence-corrected chi connectivity index (χ1v) is 5.16. The molecule has 0 heterocycles. The lowest BCUT2D eigenvalue weighted by molar-refractivity contribution is -0.104. The van der Waals surface area contributed by atoms with E-state index in [0.29, 0.717) is 16.9 Å². The summed E-state index contributed by atoms with van der Waals surface area (Å²) in [5, 5.41) is 2.12. The highest BCUT2D eigenvalue weighted by Crippen LogP contribution is 2.17. The molecule has 15 heavy (non-hydrogen) atoms. The molecule has 0 bridgehead atoms. The second kappa shape index (κ2) is 6.14. The molecule has 0 spiro atoms. The SMILES string of the molecule is CN=C(S/C=C/C=O)c1ccccc1F. The molecule has 0 unspecified atom stereocenters. The van der Waals surface area contributed by atoms with E-state index in [1.54, 1.807) is 30.7 Å². The van der Waals surface area contributed by atoms with Crippen LogP contribution in [0, 0.1) is 5.82 Å². The molecule has 0 N–H and O–H groups in total. The van der Waals surface area contributed by atoms with Crippen LogP contribution in [-0.4, -0.2) is 18.4 Å². The zero-order chi connectivity index (χ0) is 11.1. The van der Waals surface area contributed by atoms with Crippen molar-refractivity contribution in [2.45, 2.75) is 0 Å². The highest BCUT2D eigenvalue weighted by Gasteiger charge is 2.06. The van der Waals surface area contributed by atoms with E-state index in [1.165, 1.54) is 23.9 Å². The third kappa shape index (κ3) is 3.32. The van der Waals surface area contributed by atoms with E-state index in [0.717, 1.165) is 0 Å². The first-order chi connectivity index (χ1) is 7.29. The fourth-order valence-electron chi connectivity index (χ4n) is 1.01. The normalized spacial score (nSPS) is 12.0. The van der Waals surface area contributed by atoms with Gasteiger partial charge >= 0.3 is 0 Å². The maximum Gasteiger partial charge on any atom is 0.143 e. The number of nitrogens with zero attached hydrogens (tertiary/aromatic N) is 1. The predicted molar refractivity (Wildman–Crippen MR) is 61.7 cm³/mol. The van der Waals surface area contributed by atoms with E-state index in [2.05, 4.69) is 4.99 Å². The Labute approximate surface area is 91.9 Å². The molecule has 0 saturated heterocycles. The minimum absolute atomic E-state index is 0.315. The number of aliphatic imine (C=N–C) groups is 1. The Morgan fingerprint density at radius 2 is 2.20 bits per heavy atom. The van der Waals surface area contributed by atoms with E-state index >= 15 is 0 Å². The van der Waals surface area contributed by atoms with Gasteiger partial charge in [-0.2, -0.15) is 0 Å². The molecule has 0 atom stereocenters. The Morgan fingerprint density at radius 1 is 1.47 bits per heavy atom. The molecule has 2 nitrogen and oxygen atoms in total. The van der Waals surface area contributed by atoms with Gasteiger partial charge in [-0.25, -0.2) is 4.39 Å². The summed E-state index contributed by atoms with van der Waals surface area (Å²) < 4.78 is 13.3. The maximum atomic E-state index is 13.3. The third-order valence-electron chi connectivity index (χ3n) is 1.64. The van der Waals surface area contributed by atoms with Crippen LogP contribution in [0.4, 0.5) is 4.39 Å². The summed E-state index contributed by atoms with van der Waals surface area (Å²) in [5.41, 5.74) is 0.445. The molecule has 0 aromatic heterocycles. The molecule has 0 saturated carbocycles. The molecule has 1 aromatic rings. The van der Waals surface area contributed by atoms with Crippen LogP contribution < -0.4 is 0 Å². The van der Waals surface area contributed by atoms with Crippen molar-refractivity contribution in [3.8, 4) is 0 Å². The largest absolute Gasteiger partial charge is 0.299 e. The van der Waals surface area contributed by atoms with E-state index in [1.807, 2.05) is 0 Å². The van der Waals surface area contributed by atoms with Crippen molar-refractivity contribution in [3.63, 3.8) is 0 Å². The second-order valence-corrected chi connectivity index (χ2v) is 3.49. The lowest BCUT2D eigenvalue weighted by Gasteiger charge is -2.02. The molecule has 1 rings (SSSR count). The van der Waals surface area contributed by atoms with Crippen LogP contribution in [0.5, 0.6) is 0 Å². The van der Waals surface area contributed by atoms with Gasteiger partial charge in [0.25, 0.3) is 0 Å². The smallest absolute Gasteiger partial charge is 0.143 e. The number of benzene rings is 1. The third-order valence-corrected chi connectivity index (χ3v) is 2.56. The van der Waals surface area contributed by atoms with Gasteiger partial charge in [0.05, 0.1) is 0 Å². The number of carbonyl (C=O) groups is 1. The molecular formula is C11H10FNOS. The quantitative estimate of drug-likeness (QED) is 0.341. The summed E-state index contributed by atoms with van der Waals surface area (Å²) in [6.07, 6.45) is 2.01. The first-order valence-electron chi connectivity index (χ1n) is 4.28. The van der Waals surface area contributed by atoms with Gasteiger partial charge < -0.3 is 0 Å². The number of halogens is 1. The van der Waals surface area contributed by atoms with Crippen LogP contribution in [0.1, 0.15) is 5.56 Å². The van der Waals surface area contributed by atoms with Crippen molar-refractivity contribution in [2.24, 2.45) is 4.99 Å². The lowest BCUT2D eigenvalue weighted by atomic mass is 10.2. The Kier molecular flexibility index (Phi) is 4.77. The molecule has 78 valence electrons. The summed E-state index contributed by atoms with van der Waals surface area (Å²) in [5.74, 6) is -0.315. The van der Waals surface area contributed by atoms with Crippen LogP contribution in [0.15, 0.2) is 40.7 Å². The second-order valence-electron chi connectivity index (χ2n) is 2.59. The van der Waals surface area contributed by atoms with Crippen LogP contribution in [0.3, 0.4) is 0 Å². The Morgan fingerprint density at radius 3 is 2.80 bits per heavy atom. The fraction of sp³-hybridized carbons (Fsp3) is 0.0909. The Bertz CT molecular complexity index is 401. The van der Waals surface area contributed by atoms with Gasteiger partial charge in [-0.15, -0.1) is 0 Å². The summed E-state index contributed by atoms with van der Waals surface area (Å²) in [6.45, 7) is 0. The minimum atomic E-state index is -0.315. The topological polar surface area (TPSA) is 29.4 Å². The molecule has 1 aromatic carbocycles. The van der Waals surface area contributed by atoms with E-state index in [-0.39, 0.29) is 5.82 Å². The summed E-state index contributed by atoms with van der Waals surface area (Å²) in [4.78, 5) is 14.0. The Hall–Kier alpha value is -1.42. The van der Waals surface area contributed by atoms with Crippen LogP contribution >= 0.6 is 11.8 Å². The molecule has 0 radical (unpaired) electrons. The maximum absolute atomic E-state index is 13.3. The van der Waals surface area contributed by atoms with Crippen molar-refractivity contribution >= 4 is 23.1 Å². The minimum Gasteiger partial charge on any atom is -0.299 e. The van der Waals surface area contributed by atoms with E-state index in [9.17, 15) is 9.18 Å². The van der Waals surface area contributed by atoms with Crippen molar-refractivity contribution in [2.75, 3.05) is 7.05 Å². The van der Waals surface area contributed by atoms with Crippen LogP contribution in [0.25, 0.3) is 0 Å². The molecular weight excluding hydrogens is 213 g/mol. The standard InChI is InChI=1S/C11H10FNOS/c1-13-11(15-8-4-7-14)9-5-2-3-6-10(9)12/h2-8H,1H3/b8-4+,13-11?. The highest BCUT2D eigenvalue weighted by molar-refractivity contribution is 8.16. The van der Waals surface area contributed by atoms with Gasteiger partial charge in [-0.05, 0) is 23.6 Å². The summed E-state index contributed by atoms with van der Waals surface area (Å²) in [6, 6.07) is 6.40. The van der Waals surface area contributed by atoms with Crippen molar-refractivity contribution in [3.05, 3.63) is 47.1 Å². The van der Waals surface area contributed by atoms with Gasteiger partial charge in [0.15, 0.2) is 0 Å². The molecule has 0 aliphatic carbocycles. The van der Waals surface area contributed by atoms with Crippen molar-refractivity contribution in [1.29, 1.82) is 0 Å². The monoisotopic (exact) mass is 223 g/mol. The average molecular weight is 223 g/mol. The summed E-state index contributed by atoms with van der Waals surface area (Å²) >= 11 is 1.21. The molecule has 0 fully saturated rings. The van der Waals surface area contributed by atoms with E-state index < -0.39 is 0 Å². The Balaban J connectivity index is 2.89. The molecule has 0 aliphatic rings. The van der Waals surface area contributed by atoms with Crippen molar-refractivity contribution < 1.29 is 9.18 Å². The highest BCUT2D eigenvalue weighted by atomic mass is 32.2. The van der Waals surface area contributed by atoms with Gasteiger partial charge in [-0.3, -0.25) is 9.79 Å². The number of hydrogen-bond donors (Lipinski definition) is 0. The molecule has 4 heteroatoms. The van der Waals surface area contributed by atoms with E-state index in [4.69, 9.17) is 0 Å². The first kappa shape index (κ1) is 11.7. The number of thioether (sulfide) groups is 1. The van der Waals surface area contributed by atoms with Gasteiger partial charge in [0.2, 0.25) is 0 Å². The molecule has 0 aliphatic heterocycles.